The van der Waals surface area contributed by atoms with Crippen molar-refractivity contribution in [1.29, 1.82) is 0 Å². The number of carbonyl (C=O) groups excluding carboxylic acids is 2. The van der Waals surface area contributed by atoms with E-state index in [-0.39, 0.29) is 24.0 Å². The summed E-state index contributed by atoms with van der Waals surface area (Å²) < 4.78 is 5.49. The highest BCUT2D eigenvalue weighted by atomic mass is 16.6. The molecule has 1 fully saturated rings. The van der Waals surface area contributed by atoms with Crippen molar-refractivity contribution in [3.63, 3.8) is 0 Å². The van der Waals surface area contributed by atoms with Crippen molar-refractivity contribution >= 4 is 12.0 Å². The molecular formula is C19H26N2O3. The number of amides is 2. The van der Waals surface area contributed by atoms with Crippen molar-refractivity contribution in [3.05, 3.63) is 34.4 Å². The van der Waals surface area contributed by atoms with Crippen LogP contribution in [0.3, 0.4) is 0 Å². The largest absolute Gasteiger partial charge is 0.444 e. The van der Waals surface area contributed by atoms with Gasteiger partial charge in [0.25, 0.3) is 5.91 Å². The van der Waals surface area contributed by atoms with E-state index in [2.05, 4.69) is 24.4 Å². The molecular weight excluding hydrogens is 304 g/mol. The van der Waals surface area contributed by atoms with Crippen LogP contribution in [-0.4, -0.2) is 41.6 Å². The smallest absolute Gasteiger partial charge is 0.410 e. The summed E-state index contributed by atoms with van der Waals surface area (Å²) in [6.07, 6.45) is 0.624. The van der Waals surface area contributed by atoms with Gasteiger partial charge in [-0.25, -0.2) is 4.79 Å². The number of carbonyl (C=O) groups is 2. The van der Waals surface area contributed by atoms with Gasteiger partial charge in [0.05, 0.1) is 6.04 Å². The van der Waals surface area contributed by atoms with Crippen LogP contribution in [0.4, 0.5) is 4.79 Å². The van der Waals surface area contributed by atoms with Gasteiger partial charge in [-0.05, 0) is 50.8 Å². The Labute approximate surface area is 143 Å². The Morgan fingerprint density at radius 1 is 1.33 bits per heavy atom. The van der Waals surface area contributed by atoms with Crippen LogP contribution in [0.2, 0.25) is 0 Å². The number of benzene rings is 1. The van der Waals surface area contributed by atoms with E-state index < -0.39 is 5.60 Å². The van der Waals surface area contributed by atoms with Crippen LogP contribution in [0.1, 0.15) is 60.7 Å². The molecule has 2 aliphatic heterocycles. The van der Waals surface area contributed by atoms with E-state index >= 15 is 0 Å². The molecule has 0 aromatic heterocycles. The van der Waals surface area contributed by atoms with Crippen molar-refractivity contribution < 1.29 is 14.3 Å². The molecule has 2 amide bonds. The van der Waals surface area contributed by atoms with Crippen LogP contribution in [-0.2, 0) is 11.2 Å². The summed E-state index contributed by atoms with van der Waals surface area (Å²) in [7, 11) is 0. The first-order valence-electron chi connectivity index (χ1n) is 8.62. The van der Waals surface area contributed by atoms with Gasteiger partial charge in [-0.3, -0.25) is 4.79 Å². The van der Waals surface area contributed by atoms with Crippen molar-refractivity contribution in [3.8, 4) is 0 Å². The molecule has 2 heterocycles. The number of hydrogen-bond acceptors (Lipinski definition) is 3. The minimum atomic E-state index is -0.516. The number of likely N-dealkylation sites (tertiary alicyclic amines) is 1. The standard InChI is InChI=1S/C19H26N2O3/c1-6-12-7-11(2)16-13(8-12)14-9-21(10-15(14)20-17(16)22)18(23)24-19(3,4)5/h7-8,14-15H,6,9-10H2,1-5H3,(H,20,22)/t14-,15+/m1/s1. The predicted octanol–water partition coefficient (Wildman–Crippen LogP) is 3.00. The van der Waals surface area contributed by atoms with Crippen molar-refractivity contribution in [1.82, 2.24) is 10.2 Å². The summed E-state index contributed by atoms with van der Waals surface area (Å²) >= 11 is 0. The molecule has 5 nitrogen and oxygen atoms in total. The Morgan fingerprint density at radius 2 is 2.04 bits per heavy atom. The van der Waals surface area contributed by atoms with Crippen LogP contribution in [0.15, 0.2) is 12.1 Å². The first-order valence-corrected chi connectivity index (χ1v) is 8.62. The maximum atomic E-state index is 12.5. The molecule has 0 aliphatic carbocycles. The second kappa shape index (κ2) is 5.80. The molecule has 2 atom stereocenters. The molecule has 24 heavy (non-hydrogen) atoms. The summed E-state index contributed by atoms with van der Waals surface area (Å²) in [5.74, 6) is 0.105. The lowest BCUT2D eigenvalue weighted by molar-refractivity contribution is 0.0288. The van der Waals surface area contributed by atoms with E-state index in [0.29, 0.717) is 13.1 Å². The van der Waals surface area contributed by atoms with Crippen molar-refractivity contribution in [2.24, 2.45) is 0 Å². The number of rotatable bonds is 1. The Morgan fingerprint density at radius 3 is 2.67 bits per heavy atom. The van der Waals surface area contributed by atoms with Crippen molar-refractivity contribution in [2.45, 2.75) is 58.6 Å². The third-order valence-electron chi connectivity index (χ3n) is 4.75. The molecule has 0 unspecified atom stereocenters. The fraction of sp³-hybridized carbons (Fsp3) is 0.579. The number of hydrogen-bond donors (Lipinski definition) is 1. The van der Waals surface area contributed by atoms with Gasteiger partial charge in [-0.2, -0.15) is 0 Å². The minimum Gasteiger partial charge on any atom is -0.444 e. The molecule has 1 aromatic carbocycles. The maximum Gasteiger partial charge on any atom is 0.410 e. The Balaban J connectivity index is 1.90. The first kappa shape index (κ1) is 16.8. The Hall–Kier alpha value is -2.04. The number of fused-ring (bicyclic) bond motifs is 3. The molecule has 1 aromatic rings. The van der Waals surface area contributed by atoms with Crippen LogP contribution in [0, 0.1) is 6.92 Å². The number of nitrogens with zero attached hydrogens (tertiary/aromatic N) is 1. The Bertz CT molecular complexity index is 691. The van der Waals surface area contributed by atoms with Crippen LogP contribution in [0.5, 0.6) is 0 Å². The van der Waals surface area contributed by atoms with E-state index in [4.69, 9.17) is 4.74 Å². The van der Waals surface area contributed by atoms with Gasteiger partial charge in [0.15, 0.2) is 0 Å². The lowest BCUT2D eigenvalue weighted by atomic mass is 9.83. The average molecular weight is 330 g/mol. The van der Waals surface area contributed by atoms with Gasteiger partial charge in [0, 0.05) is 24.6 Å². The topological polar surface area (TPSA) is 58.6 Å². The van der Waals surface area contributed by atoms with Gasteiger partial charge in [-0.1, -0.05) is 19.1 Å². The molecule has 1 N–H and O–H groups in total. The average Bonchev–Trinajstić information content (AvgIpc) is 2.89. The molecule has 130 valence electrons. The maximum absolute atomic E-state index is 12.5. The highest BCUT2D eigenvalue weighted by Crippen LogP contribution is 2.36. The van der Waals surface area contributed by atoms with E-state index in [1.165, 1.54) is 5.56 Å². The highest BCUT2D eigenvalue weighted by molar-refractivity contribution is 5.99. The predicted molar refractivity (Wildman–Crippen MR) is 92.4 cm³/mol. The number of ether oxygens (including phenoxy) is 1. The summed E-state index contributed by atoms with van der Waals surface area (Å²) in [6.45, 7) is 10.8. The monoisotopic (exact) mass is 330 g/mol. The molecule has 3 rings (SSSR count). The van der Waals surface area contributed by atoms with Crippen LogP contribution >= 0.6 is 0 Å². The van der Waals surface area contributed by atoms with E-state index in [1.54, 1.807) is 4.90 Å². The molecule has 5 heteroatoms. The molecule has 0 bridgehead atoms. The lowest BCUT2D eigenvalue weighted by Gasteiger charge is -2.29. The second-order valence-electron chi connectivity index (χ2n) is 7.80. The summed E-state index contributed by atoms with van der Waals surface area (Å²) in [5.41, 5.74) is 3.58. The summed E-state index contributed by atoms with van der Waals surface area (Å²) in [5, 5.41) is 3.07. The minimum absolute atomic E-state index is 0.0301. The normalized spacial score (nSPS) is 22.7. The molecule has 2 aliphatic rings. The van der Waals surface area contributed by atoms with E-state index in [9.17, 15) is 9.59 Å². The SMILES string of the molecule is CCc1cc(C)c2c(c1)[C@H]1CN(C(=O)OC(C)(C)C)C[C@@H]1NC2=O. The molecule has 0 saturated carbocycles. The quantitative estimate of drug-likeness (QED) is 0.861. The van der Waals surface area contributed by atoms with Gasteiger partial charge in [0.2, 0.25) is 0 Å². The van der Waals surface area contributed by atoms with Gasteiger partial charge >= 0.3 is 6.09 Å². The van der Waals surface area contributed by atoms with E-state index in [0.717, 1.165) is 23.1 Å². The zero-order chi connectivity index (χ0) is 17.6. The Kier molecular flexibility index (Phi) is 4.06. The third-order valence-corrected chi connectivity index (χ3v) is 4.75. The lowest BCUT2D eigenvalue weighted by Crippen LogP contribution is -2.45. The van der Waals surface area contributed by atoms with Gasteiger partial charge in [0.1, 0.15) is 5.60 Å². The molecule has 1 saturated heterocycles. The third kappa shape index (κ3) is 2.99. The fourth-order valence-electron chi connectivity index (χ4n) is 3.68. The fourth-order valence-corrected chi connectivity index (χ4v) is 3.68. The summed E-state index contributed by atoms with van der Waals surface area (Å²) in [4.78, 5) is 26.6. The summed E-state index contributed by atoms with van der Waals surface area (Å²) in [6, 6.07) is 4.18. The van der Waals surface area contributed by atoms with E-state index in [1.807, 2.05) is 27.7 Å². The van der Waals surface area contributed by atoms with Crippen LogP contribution < -0.4 is 5.32 Å². The highest BCUT2D eigenvalue weighted by Gasteiger charge is 2.43. The van der Waals surface area contributed by atoms with Crippen molar-refractivity contribution in [2.75, 3.05) is 13.1 Å². The van der Waals surface area contributed by atoms with Gasteiger partial charge < -0.3 is 15.0 Å². The van der Waals surface area contributed by atoms with Crippen LogP contribution in [0.25, 0.3) is 0 Å². The number of nitrogens with one attached hydrogen (secondary N) is 1. The first-order chi connectivity index (χ1) is 11.2. The number of aryl methyl sites for hydroxylation is 2. The second-order valence-corrected chi connectivity index (χ2v) is 7.80. The molecule has 0 radical (unpaired) electrons. The molecule has 0 spiro atoms. The van der Waals surface area contributed by atoms with Gasteiger partial charge in [-0.15, -0.1) is 0 Å². The zero-order valence-corrected chi connectivity index (χ0v) is 15.1. The zero-order valence-electron chi connectivity index (χ0n) is 15.1.